The predicted molar refractivity (Wildman–Crippen MR) is 128 cm³/mol. The SMILES string of the molecule is Cc1ccc(NC(=O)CN2C(=O)CN=C(c3ccccc3)c3cc(Br)ccc32)c(Cl)c1. The number of anilines is 2. The van der Waals surface area contributed by atoms with Crippen molar-refractivity contribution in [2.24, 2.45) is 4.99 Å². The fourth-order valence-corrected chi connectivity index (χ4v) is 4.10. The molecule has 0 bridgehead atoms. The van der Waals surface area contributed by atoms with Crippen molar-refractivity contribution in [3.8, 4) is 0 Å². The van der Waals surface area contributed by atoms with E-state index in [0.717, 1.165) is 26.9 Å². The molecule has 0 aliphatic carbocycles. The van der Waals surface area contributed by atoms with Crippen LogP contribution in [0.25, 0.3) is 0 Å². The Morgan fingerprint density at radius 2 is 1.90 bits per heavy atom. The topological polar surface area (TPSA) is 61.8 Å². The minimum Gasteiger partial charge on any atom is -0.323 e. The second-order valence-corrected chi connectivity index (χ2v) is 8.53. The van der Waals surface area contributed by atoms with Gasteiger partial charge in [0.2, 0.25) is 11.8 Å². The van der Waals surface area contributed by atoms with E-state index in [1.165, 1.54) is 4.90 Å². The summed E-state index contributed by atoms with van der Waals surface area (Å²) in [5.41, 5.74) is 4.56. The molecule has 1 aliphatic rings. The highest BCUT2D eigenvalue weighted by molar-refractivity contribution is 9.10. The average Bonchev–Trinajstić information content (AvgIpc) is 2.87. The first kappa shape index (κ1) is 21.3. The molecule has 3 aromatic carbocycles. The van der Waals surface area contributed by atoms with Crippen molar-refractivity contribution < 1.29 is 9.59 Å². The number of hydrogen-bond acceptors (Lipinski definition) is 3. The molecule has 0 atom stereocenters. The van der Waals surface area contributed by atoms with Gasteiger partial charge in [0.1, 0.15) is 13.1 Å². The van der Waals surface area contributed by atoms with Crippen LogP contribution in [0.1, 0.15) is 16.7 Å². The Morgan fingerprint density at radius 3 is 2.65 bits per heavy atom. The number of carbonyl (C=O) groups excluding carboxylic acids is 2. The zero-order chi connectivity index (χ0) is 22.0. The second kappa shape index (κ2) is 9.04. The Bertz CT molecular complexity index is 1190. The van der Waals surface area contributed by atoms with Gasteiger partial charge >= 0.3 is 0 Å². The zero-order valence-corrected chi connectivity index (χ0v) is 19.1. The van der Waals surface area contributed by atoms with Crippen LogP contribution in [-0.4, -0.2) is 30.6 Å². The summed E-state index contributed by atoms with van der Waals surface area (Å²) in [6.07, 6.45) is 0. The summed E-state index contributed by atoms with van der Waals surface area (Å²) in [6.45, 7) is 1.73. The molecule has 5 nitrogen and oxygen atoms in total. The maximum absolute atomic E-state index is 12.9. The summed E-state index contributed by atoms with van der Waals surface area (Å²) in [4.78, 5) is 31.8. The zero-order valence-electron chi connectivity index (χ0n) is 16.7. The maximum Gasteiger partial charge on any atom is 0.249 e. The number of rotatable bonds is 4. The van der Waals surface area contributed by atoms with E-state index < -0.39 is 0 Å². The molecule has 1 aliphatic heterocycles. The Kier molecular flexibility index (Phi) is 6.20. The third kappa shape index (κ3) is 4.70. The molecular formula is C24H19BrClN3O2. The van der Waals surface area contributed by atoms with Crippen LogP contribution < -0.4 is 10.2 Å². The van der Waals surface area contributed by atoms with Crippen molar-refractivity contribution in [3.63, 3.8) is 0 Å². The number of aliphatic imine (C=N–C) groups is 1. The van der Waals surface area contributed by atoms with Gasteiger partial charge in [-0.2, -0.15) is 0 Å². The van der Waals surface area contributed by atoms with Gasteiger partial charge in [0, 0.05) is 15.6 Å². The van der Waals surface area contributed by atoms with Gasteiger partial charge in [-0.3, -0.25) is 14.6 Å². The number of halogens is 2. The van der Waals surface area contributed by atoms with Crippen molar-refractivity contribution in [2.45, 2.75) is 6.92 Å². The molecule has 0 radical (unpaired) electrons. The first-order chi connectivity index (χ1) is 14.9. The summed E-state index contributed by atoms with van der Waals surface area (Å²) in [5, 5.41) is 3.25. The van der Waals surface area contributed by atoms with E-state index in [9.17, 15) is 9.59 Å². The largest absolute Gasteiger partial charge is 0.323 e. The molecule has 3 aromatic rings. The smallest absolute Gasteiger partial charge is 0.249 e. The van der Waals surface area contributed by atoms with Crippen LogP contribution in [0.15, 0.2) is 76.2 Å². The van der Waals surface area contributed by atoms with E-state index in [4.69, 9.17) is 11.6 Å². The Morgan fingerprint density at radius 1 is 1.13 bits per heavy atom. The van der Waals surface area contributed by atoms with Gasteiger partial charge in [-0.1, -0.05) is 63.9 Å². The Balaban J connectivity index is 1.66. The van der Waals surface area contributed by atoms with Crippen LogP contribution in [0.3, 0.4) is 0 Å². The van der Waals surface area contributed by atoms with Crippen molar-refractivity contribution in [3.05, 3.63) is 92.9 Å². The number of nitrogens with zero attached hydrogens (tertiary/aromatic N) is 2. The van der Waals surface area contributed by atoms with Crippen LogP contribution in [0.2, 0.25) is 5.02 Å². The molecule has 156 valence electrons. The summed E-state index contributed by atoms with van der Waals surface area (Å²) in [7, 11) is 0. The molecule has 0 unspecified atom stereocenters. The summed E-state index contributed by atoms with van der Waals surface area (Å²) in [5.74, 6) is -0.587. The molecule has 0 spiro atoms. The van der Waals surface area contributed by atoms with E-state index in [-0.39, 0.29) is 24.9 Å². The minimum absolute atomic E-state index is 0.0465. The third-order valence-corrected chi connectivity index (χ3v) is 5.73. The first-order valence-corrected chi connectivity index (χ1v) is 10.9. The summed E-state index contributed by atoms with van der Waals surface area (Å²) >= 11 is 9.75. The number of carbonyl (C=O) groups is 2. The van der Waals surface area contributed by atoms with Gasteiger partial charge in [-0.25, -0.2) is 0 Å². The standard InChI is InChI=1S/C24H19BrClN3O2/c1-15-7-9-20(19(26)11-15)28-22(30)14-29-21-10-8-17(25)12-18(21)24(27-13-23(29)31)16-5-3-2-4-6-16/h2-12H,13-14H2,1H3,(H,28,30). The van der Waals surface area contributed by atoms with E-state index in [1.54, 1.807) is 12.1 Å². The highest BCUT2D eigenvalue weighted by Gasteiger charge is 2.27. The van der Waals surface area contributed by atoms with Gasteiger partial charge in [0.25, 0.3) is 0 Å². The van der Waals surface area contributed by atoms with E-state index in [1.807, 2.05) is 61.5 Å². The number of nitrogens with one attached hydrogen (secondary N) is 1. The molecule has 1 heterocycles. The van der Waals surface area contributed by atoms with Crippen molar-refractivity contribution in [1.82, 2.24) is 0 Å². The Hall–Kier alpha value is -2.96. The van der Waals surface area contributed by atoms with Gasteiger partial charge in [0.05, 0.1) is 22.1 Å². The molecule has 0 saturated carbocycles. The number of fused-ring (bicyclic) bond motifs is 1. The molecule has 31 heavy (non-hydrogen) atoms. The highest BCUT2D eigenvalue weighted by atomic mass is 79.9. The normalized spacial score (nSPS) is 13.3. The van der Waals surface area contributed by atoms with Crippen LogP contribution in [0.5, 0.6) is 0 Å². The van der Waals surface area contributed by atoms with Gasteiger partial charge in [-0.15, -0.1) is 0 Å². The number of amides is 2. The number of hydrogen-bond donors (Lipinski definition) is 1. The second-order valence-electron chi connectivity index (χ2n) is 7.20. The molecule has 7 heteroatoms. The average molecular weight is 497 g/mol. The van der Waals surface area contributed by atoms with E-state index in [2.05, 4.69) is 26.2 Å². The third-order valence-electron chi connectivity index (χ3n) is 4.93. The van der Waals surface area contributed by atoms with Crippen LogP contribution in [-0.2, 0) is 9.59 Å². The van der Waals surface area contributed by atoms with Crippen LogP contribution in [0, 0.1) is 6.92 Å². The van der Waals surface area contributed by atoms with Crippen LogP contribution >= 0.6 is 27.5 Å². The van der Waals surface area contributed by atoms with Gasteiger partial charge < -0.3 is 10.2 Å². The fraction of sp³-hybridized carbons (Fsp3) is 0.125. The van der Waals surface area contributed by atoms with Crippen molar-refractivity contribution in [2.75, 3.05) is 23.3 Å². The molecule has 0 fully saturated rings. The predicted octanol–water partition coefficient (Wildman–Crippen LogP) is 5.23. The minimum atomic E-state index is -0.337. The van der Waals surface area contributed by atoms with Crippen molar-refractivity contribution >= 4 is 56.4 Å². The Labute approximate surface area is 193 Å². The fourth-order valence-electron chi connectivity index (χ4n) is 3.46. The maximum atomic E-state index is 12.9. The summed E-state index contributed by atoms with van der Waals surface area (Å²) < 4.78 is 0.861. The molecule has 0 aromatic heterocycles. The molecular weight excluding hydrogens is 478 g/mol. The lowest BCUT2D eigenvalue weighted by atomic mass is 10.0. The van der Waals surface area contributed by atoms with Gasteiger partial charge in [0.15, 0.2) is 0 Å². The molecule has 2 amide bonds. The number of benzene rings is 3. The number of benzodiazepines with no additional fused rings is 1. The lowest BCUT2D eigenvalue weighted by Gasteiger charge is -2.23. The van der Waals surface area contributed by atoms with E-state index >= 15 is 0 Å². The van der Waals surface area contributed by atoms with E-state index in [0.29, 0.717) is 16.4 Å². The van der Waals surface area contributed by atoms with Crippen LogP contribution in [0.4, 0.5) is 11.4 Å². The lowest BCUT2D eigenvalue weighted by Crippen LogP contribution is -2.39. The lowest BCUT2D eigenvalue weighted by molar-refractivity contribution is -0.120. The van der Waals surface area contributed by atoms with Crippen molar-refractivity contribution in [1.29, 1.82) is 0 Å². The first-order valence-electron chi connectivity index (χ1n) is 9.68. The monoisotopic (exact) mass is 495 g/mol. The quantitative estimate of drug-likeness (QED) is 0.537. The summed E-state index contributed by atoms with van der Waals surface area (Å²) in [6, 6.07) is 20.7. The number of aryl methyl sites for hydroxylation is 1. The molecule has 0 saturated heterocycles. The highest BCUT2D eigenvalue weighted by Crippen LogP contribution is 2.30. The molecule has 1 N–H and O–H groups in total. The molecule has 4 rings (SSSR count). The van der Waals surface area contributed by atoms with Gasteiger partial charge in [-0.05, 0) is 42.8 Å².